The molecule has 1 saturated carbocycles. The first-order valence-electron chi connectivity index (χ1n) is 4.55. The molecule has 2 rings (SSSR count). The van der Waals surface area contributed by atoms with Crippen LogP contribution in [0.1, 0.15) is 19.3 Å². The van der Waals surface area contributed by atoms with Crippen LogP contribution in [0.2, 0.25) is 0 Å². The Morgan fingerprint density at radius 3 is 2.21 bits per heavy atom. The van der Waals surface area contributed by atoms with Crippen molar-refractivity contribution in [1.82, 2.24) is 0 Å². The molecular weight excluding hydrogens is 184 g/mol. The lowest BCUT2D eigenvalue weighted by Crippen LogP contribution is -2.37. The van der Waals surface area contributed by atoms with E-state index in [-0.39, 0.29) is 6.10 Å². The molecule has 0 spiro atoms. The van der Waals surface area contributed by atoms with Crippen molar-refractivity contribution < 1.29 is 19.7 Å². The summed E-state index contributed by atoms with van der Waals surface area (Å²) < 4.78 is 9.33. The summed E-state index contributed by atoms with van der Waals surface area (Å²) in [6.45, 7) is 6.51. The molecule has 2 bridgehead atoms. The molecule has 0 amide bonds. The maximum absolute atomic E-state index is 9.44. The lowest BCUT2D eigenvalue weighted by molar-refractivity contribution is -0.191. The van der Waals surface area contributed by atoms with Crippen molar-refractivity contribution in [1.29, 1.82) is 0 Å². The molecule has 0 aromatic carbocycles. The minimum Gasteiger partial charge on any atom is -0.474 e. The highest BCUT2D eigenvalue weighted by Gasteiger charge is 2.51. The van der Waals surface area contributed by atoms with Crippen LogP contribution in [-0.4, -0.2) is 28.2 Å². The SMILES string of the molecule is C=COC=C.OC1OC2CCC1(O)C2. The van der Waals surface area contributed by atoms with E-state index in [1.165, 1.54) is 12.5 Å². The molecule has 4 heteroatoms. The predicted molar refractivity (Wildman–Crippen MR) is 51.2 cm³/mol. The maximum Gasteiger partial charge on any atom is 0.184 e. The summed E-state index contributed by atoms with van der Waals surface area (Å²) in [4.78, 5) is 0. The van der Waals surface area contributed by atoms with Gasteiger partial charge in [-0.3, -0.25) is 0 Å². The van der Waals surface area contributed by atoms with E-state index >= 15 is 0 Å². The smallest absolute Gasteiger partial charge is 0.184 e. The molecule has 2 fully saturated rings. The second-order valence-corrected chi connectivity index (χ2v) is 3.43. The van der Waals surface area contributed by atoms with Crippen molar-refractivity contribution in [2.75, 3.05) is 0 Å². The average molecular weight is 200 g/mol. The van der Waals surface area contributed by atoms with Gasteiger partial charge in [-0.2, -0.15) is 0 Å². The third kappa shape index (κ3) is 2.35. The molecule has 0 radical (unpaired) electrons. The Morgan fingerprint density at radius 2 is 2.07 bits per heavy atom. The Kier molecular flexibility index (Phi) is 3.69. The Morgan fingerprint density at radius 1 is 1.43 bits per heavy atom. The van der Waals surface area contributed by atoms with E-state index in [4.69, 9.17) is 9.84 Å². The van der Waals surface area contributed by atoms with Crippen LogP contribution in [0.25, 0.3) is 0 Å². The van der Waals surface area contributed by atoms with Crippen LogP contribution in [0.5, 0.6) is 0 Å². The zero-order chi connectivity index (χ0) is 10.6. The minimum atomic E-state index is -0.920. The molecule has 2 N–H and O–H groups in total. The summed E-state index contributed by atoms with van der Waals surface area (Å²) in [5.74, 6) is 0. The fourth-order valence-corrected chi connectivity index (χ4v) is 1.73. The van der Waals surface area contributed by atoms with Crippen molar-refractivity contribution in [3.8, 4) is 0 Å². The number of fused-ring (bicyclic) bond motifs is 2. The van der Waals surface area contributed by atoms with E-state index in [0.717, 1.165) is 6.42 Å². The molecule has 1 aliphatic carbocycles. The molecule has 2 aliphatic rings. The molecule has 1 aliphatic heterocycles. The number of ether oxygens (including phenoxy) is 2. The summed E-state index contributed by atoms with van der Waals surface area (Å²) in [6.07, 6.45) is 4.03. The van der Waals surface area contributed by atoms with Crippen LogP contribution in [0.15, 0.2) is 25.7 Å². The number of rotatable bonds is 2. The van der Waals surface area contributed by atoms with Gasteiger partial charge in [-0.25, -0.2) is 0 Å². The van der Waals surface area contributed by atoms with E-state index < -0.39 is 11.9 Å². The van der Waals surface area contributed by atoms with Gasteiger partial charge in [0.2, 0.25) is 0 Å². The van der Waals surface area contributed by atoms with Gasteiger partial charge < -0.3 is 19.7 Å². The van der Waals surface area contributed by atoms with Gasteiger partial charge in [0.05, 0.1) is 18.6 Å². The Bertz CT molecular complexity index is 210. The van der Waals surface area contributed by atoms with Crippen LogP contribution in [-0.2, 0) is 9.47 Å². The maximum atomic E-state index is 9.44. The van der Waals surface area contributed by atoms with Gasteiger partial charge in [-0.15, -0.1) is 0 Å². The largest absolute Gasteiger partial charge is 0.474 e. The number of hydrogen-bond acceptors (Lipinski definition) is 4. The lowest BCUT2D eigenvalue weighted by Gasteiger charge is -2.24. The first kappa shape index (κ1) is 11.2. The first-order valence-corrected chi connectivity index (χ1v) is 4.55. The molecular formula is C10H16O4. The van der Waals surface area contributed by atoms with Gasteiger partial charge >= 0.3 is 0 Å². The highest BCUT2D eigenvalue weighted by atomic mass is 16.6. The highest BCUT2D eigenvalue weighted by Crippen LogP contribution is 2.42. The second-order valence-electron chi connectivity index (χ2n) is 3.43. The van der Waals surface area contributed by atoms with Crippen molar-refractivity contribution in [3.63, 3.8) is 0 Å². The van der Waals surface area contributed by atoms with E-state index in [9.17, 15) is 5.11 Å². The standard InChI is InChI=1S/C6H10O3.C4H6O/c7-5-6(8)2-1-4(3-6)9-5;1-3-5-4-2/h4-5,7-8H,1-3H2;3-4H,1-2H2. The van der Waals surface area contributed by atoms with Crippen molar-refractivity contribution in [2.24, 2.45) is 0 Å². The van der Waals surface area contributed by atoms with E-state index in [2.05, 4.69) is 17.9 Å². The third-order valence-electron chi connectivity index (χ3n) is 2.45. The number of aliphatic hydroxyl groups excluding tert-OH is 1. The molecule has 80 valence electrons. The van der Waals surface area contributed by atoms with Crippen LogP contribution in [0.4, 0.5) is 0 Å². The number of hydrogen-bond donors (Lipinski definition) is 2. The Hall–Kier alpha value is -0.840. The molecule has 3 atom stereocenters. The summed E-state index contributed by atoms with van der Waals surface area (Å²) in [6, 6.07) is 0. The molecule has 4 nitrogen and oxygen atoms in total. The highest BCUT2D eigenvalue weighted by molar-refractivity contribution is 4.97. The monoisotopic (exact) mass is 200 g/mol. The zero-order valence-electron chi connectivity index (χ0n) is 8.06. The van der Waals surface area contributed by atoms with Gasteiger partial charge in [0.15, 0.2) is 6.29 Å². The van der Waals surface area contributed by atoms with E-state index in [1.807, 2.05) is 0 Å². The van der Waals surface area contributed by atoms with E-state index in [0.29, 0.717) is 12.8 Å². The van der Waals surface area contributed by atoms with Gasteiger partial charge in [-0.05, 0) is 12.8 Å². The Labute approximate surface area is 83.5 Å². The molecule has 1 heterocycles. The van der Waals surface area contributed by atoms with Gasteiger partial charge in [0.1, 0.15) is 5.60 Å². The Balaban J connectivity index is 0.000000171. The summed E-state index contributed by atoms with van der Waals surface area (Å²) in [5.41, 5.74) is -0.898. The minimum absolute atomic E-state index is 0.116. The fraction of sp³-hybridized carbons (Fsp3) is 0.600. The average Bonchev–Trinajstić information content (AvgIpc) is 2.62. The van der Waals surface area contributed by atoms with Gasteiger partial charge in [0.25, 0.3) is 0 Å². The van der Waals surface area contributed by atoms with Crippen LogP contribution in [0.3, 0.4) is 0 Å². The third-order valence-corrected chi connectivity index (χ3v) is 2.45. The van der Waals surface area contributed by atoms with Crippen LogP contribution < -0.4 is 0 Å². The summed E-state index contributed by atoms with van der Waals surface area (Å²) in [5, 5.41) is 18.4. The normalized spacial score (nSPS) is 38.4. The van der Waals surface area contributed by atoms with Gasteiger partial charge in [0, 0.05) is 6.42 Å². The number of aliphatic hydroxyl groups is 2. The predicted octanol–water partition coefficient (Wildman–Crippen LogP) is 0.909. The molecule has 14 heavy (non-hydrogen) atoms. The topological polar surface area (TPSA) is 58.9 Å². The molecule has 0 aromatic heterocycles. The zero-order valence-corrected chi connectivity index (χ0v) is 8.06. The van der Waals surface area contributed by atoms with Crippen molar-refractivity contribution >= 4 is 0 Å². The van der Waals surface area contributed by atoms with Crippen LogP contribution in [0, 0.1) is 0 Å². The first-order chi connectivity index (χ1) is 6.62. The quantitative estimate of drug-likeness (QED) is 0.650. The van der Waals surface area contributed by atoms with Gasteiger partial charge in [-0.1, -0.05) is 13.2 Å². The second kappa shape index (κ2) is 4.59. The lowest BCUT2D eigenvalue weighted by atomic mass is 10.0. The summed E-state index contributed by atoms with van der Waals surface area (Å²) >= 11 is 0. The van der Waals surface area contributed by atoms with Crippen molar-refractivity contribution in [2.45, 2.75) is 37.3 Å². The summed E-state index contributed by atoms with van der Waals surface area (Å²) in [7, 11) is 0. The van der Waals surface area contributed by atoms with E-state index in [1.54, 1.807) is 0 Å². The van der Waals surface area contributed by atoms with Crippen LogP contribution >= 0.6 is 0 Å². The molecule has 0 aromatic rings. The molecule has 3 unspecified atom stereocenters. The fourth-order valence-electron chi connectivity index (χ4n) is 1.73. The molecule has 1 saturated heterocycles. The van der Waals surface area contributed by atoms with Crippen molar-refractivity contribution in [3.05, 3.63) is 25.7 Å².